The van der Waals surface area contributed by atoms with Crippen LogP contribution in [0.4, 0.5) is 0 Å². The summed E-state index contributed by atoms with van der Waals surface area (Å²) in [6.45, 7) is 5.57. The van der Waals surface area contributed by atoms with Crippen LogP contribution in [0.25, 0.3) is 0 Å². The smallest absolute Gasteiger partial charge is 0.322 e. The average Bonchev–Trinajstić information content (AvgIpc) is 2.34. The molecule has 1 rings (SSSR count). The van der Waals surface area contributed by atoms with Crippen LogP contribution >= 0.6 is 0 Å². The number of ether oxygens (including phenoxy) is 2. The Balaban J connectivity index is 2.33. The van der Waals surface area contributed by atoms with Crippen LogP contribution in [-0.4, -0.2) is 36.7 Å². The van der Waals surface area contributed by atoms with Gasteiger partial charge in [-0.3, -0.25) is 9.59 Å². The summed E-state index contributed by atoms with van der Waals surface area (Å²) in [5.41, 5.74) is -0.439. The summed E-state index contributed by atoms with van der Waals surface area (Å²) in [5.74, 6) is -0.406. The molecule has 0 aromatic rings. The lowest BCUT2D eigenvalue weighted by molar-refractivity contribution is -0.155. The highest BCUT2D eigenvalue weighted by molar-refractivity contribution is 5.75. The number of methoxy groups -OCH3 is 1. The molecule has 2 atom stereocenters. The Morgan fingerprint density at radius 1 is 1.26 bits per heavy atom. The molecule has 0 radical (unpaired) electrons. The van der Waals surface area contributed by atoms with E-state index in [9.17, 15) is 9.59 Å². The van der Waals surface area contributed by atoms with Gasteiger partial charge in [-0.1, -0.05) is 0 Å². The van der Waals surface area contributed by atoms with Gasteiger partial charge in [0.1, 0.15) is 11.6 Å². The first-order valence-corrected chi connectivity index (χ1v) is 6.87. The number of rotatable bonds is 4. The van der Waals surface area contributed by atoms with Gasteiger partial charge >= 0.3 is 11.9 Å². The number of esters is 2. The van der Waals surface area contributed by atoms with E-state index in [1.807, 2.05) is 20.8 Å². The van der Waals surface area contributed by atoms with Gasteiger partial charge in [-0.15, -0.1) is 0 Å². The molecule has 1 fully saturated rings. The zero-order valence-electron chi connectivity index (χ0n) is 12.3. The summed E-state index contributed by atoms with van der Waals surface area (Å²) in [6, 6.07) is -0.0484. The molecular weight excluding hydrogens is 246 g/mol. The molecule has 0 amide bonds. The van der Waals surface area contributed by atoms with Gasteiger partial charge in [0.15, 0.2) is 0 Å². The van der Waals surface area contributed by atoms with E-state index in [0.717, 1.165) is 19.3 Å². The maximum absolute atomic E-state index is 11.6. The highest BCUT2D eigenvalue weighted by atomic mass is 16.6. The van der Waals surface area contributed by atoms with Crippen molar-refractivity contribution < 1.29 is 19.1 Å². The van der Waals surface area contributed by atoms with E-state index in [1.165, 1.54) is 7.11 Å². The van der Waals surface area contributed by atoms with Crippen molar-refractivity contribution in [2.45, 2.75) is 70.6 Å². The maximum atomic E-state index is 11.6. The standard InChI is InChI=1S/C14H25NO4/c1-14(2,3)19-12(16)9-8-10-6-5-7-11(15-10)13(17)18-4/h10-11,15H,5-9H2,1-4H3. The van der Waals surface area contributed by atoms with E-state index in [-0.39, 0.29) is 24.0 Å². The predicted octanol–water partition coefficient (Wildman–Crippen LogP) is 1.79. The summed E-state index contributed by atoms with van der Waals surface area (Å²) in [6.07, 6.45) is 3.84. The molecule has 0 aliphatic carbocycles. The van der Waals surface area contributed by atoms with Crippen LogP contribution < -0.4 is 5.32 Å². The minimum absolute atomic E-state index is 0.186. The number of nitrogens with one attached hydrogen (secondary N) is 1. The number of carbonyl (C=O) groups excluding carboxylic acids is 2. The highest BCUT2D eigenvalue weighted by Gasteiger charge is 2.27. The molecule has 2 unspecified atom stereocenters. The van der Waals surface area contributed by atoms with Crippen LogP contribution in [0.1, 0.15) is 52.9 Å². The van der Waals surface area contributed by atoms with Crippen LogP contribution in [0.5, 0.6) is 0 Å². The van der Waals surface area contributed by atoms with Crippen molar-refractivity contribution in [2.24, 2.45) is 0 Å². The highest BCUT2D eigenvalue weighted by Crippen LogP contribution is 2.18. The molecule has 0 spiro atoms. The Labute approximate surface area is 115 Å². The van der Waals surface area contributed by atoms with Gasteiger partial charge in [-0.2, -0.15) is 0 Å². The summed E-state index contributed by atoms with van der Waals surface area (Å²) in [5, 5.41) is 3.24. The molecule has 0 bridgehead atoms. The molecule has 1 N–H and O–H groups in total. The van der Waals surface area contributed by atoms with Crippen molar-refractivity contribution in [1.29, 1.82) is 0 Å². The Morgan fingerprint density at radius 3 is 2.53 bits per heavy atom. The van der Waals surface area contributed by atoms with Crippen molar-refractivity contribution in [1.82, 2.24) is 5.32 Å². The minimum atomic E-state index is -0.439. The average molecular weight is 271 g/mol. The molecule has 19 heavy (non-hydrogen) atoms. The number of hydrogen-bond acceptors (Lipinski definition) is 5. The molecule has 1 saturated heterocycles. The molecule has 5 heteroatoms. The molecule has 110 valence electrons. The summed E-state index contributed by atoms with van der Waals surface area (Å²) < 4.78 is 10.0. The van der Waals surface area contributed by atoms with Crippen molar-refractivity contribution in [3.05, 3.63) is 0 Å². The fourth-order valence-corrected chi connectivity index (χ4v) is 2.26. The Bertz CT molecular complexity index is 322. The van der Waals surface area contributed by atoms with Crippen LogP contribution in [-0.2, 0) is 19.1 Å². The first kappa shape index (κ1) is 16.0. The quantitative estimate of drug-likeness (QED) is 0.790. The van der Waals surface area contributed by atoms with Gasteiger partial charge in [0.2, 0.25) is 0 Å². The monoisotopic (exact) mass is 271 g/mol. The van der Waals surface area contributed by atoms with Gasteiger partial charge < -0.3 is 14.8 Å². The third-order valence-corrected chi connectivity index (χ3v) is 3.08. The molecule has 1 aliphatic rings. The molecule has 0 saturated carbocycles. The van der Waals surface area contributed by atoms with Crippen molar-refractivity contribution in [2.75, 3.05) is 7.11 Å². The summed E-state index contributed by atoms with van der Waals surface area (Å²) >= 11 is 0. The topological polar surface area (TPSA) is 64.6 Å². The fourth-order valence-electron chi connectivity index (χ4n) is 2.26. The van der Waals surface area contributed by atoms with E-state index in [0.29, 0.717) is 12.8 Å². The van der Waals surface area contributed by atoms with E-state index in [2.05, 4.69) is 5.32 Å². The second-order valence-electron chi connectivity index (χ2n) is 6.00. The lowest BCUT2D eigenvalue weighted by Crippen LogP contribution is -2.47. The molecule has 1 heterocycles. The van der Waals surface area contributed by atoms with Gasteiger partial charge in [0.25, 0.3) is 0 Å². The summed E-state index contributed by atoms with van der Waals surface area (Å²) in [7, 11) is 1.40. The first-order chi connectivity index (χ1) is 8.81. The normalized spacial score (nSPS) is 23.8. The third kappa shape index (κ3) is 6.05. The third-order valence-electron chi connectivity index (χ3n) is 3.08. The zero-order chi connectivity index (χ0) is 14.5. The van der Waals surface area contributed by atoms with E-state index in [4.69, 9.17) is 9.47 Å². The fraction of sp³-hybridized carbons (Fsp3) is 0.857. The lowest BCUT2D eigenvalue weighted by atomic mass is 9.95. The minimum Gasteiger partial charge on any atom is -0.468 e. The van der Waals surface area contributed by atoms with Gasteiger partial charge in [-0.25, -0.2) is 0 Å². The largest absolute Gasteiger partial charge is 0.468 e. The van der Waals surface area contributed by atoms with E-state index in [1.54, 1.807) is 0 Å². The van der Waals surface area contributed by atoms with Crippen molar-refractivity contribution >= 4 is 11.9 Å². The summed E-state index contributed by atoms with van der Waals surface area (Å²) in [4.78, 5) is 23.1. The predicted molar refractivity (Wildman–Crippen MR) is 71.7 cm³/mol. The SMILES string of the molecule is COC(=O)C1CCCC(CCC(=O)OC(C)(C)C)N1. The van der Waals surface area contributed by atoms with Crippen LogP contribution in [0.15, 0.2) is 0 Å². The Kier molecular flexibility index (Phi) is 5.79. The Morgan fingerprint density at radius 2 is 1.95 bits per heavy atom. The van der Waals surface area contributed by atoms with Crippen molar-refractivity contribution in [3.8, 4) is 0 Å². The van der Waals surface area contributed by atoms with Crippen LogP contribution in [0.2, 0.25) is 0 Å². The van der Waals surface area contributed by atoms with Gasteiger partial charge in [0.05, 0.1) is 7.11 Å². The molecular formula is C14H25NO4. The first-order valence-electron chi connectivity index (χ1n) is 6.87. The molecule has 5 nitrogen and oxygen atoms in total. The Hall–Kier alpha value is -1.10. The lowest BCUT2D eigenvalue weighted by Gasteiger charge is -2.29. The second kappa shape index (κ2) is 6.89. The molecule has 0 aromatic carbocycles. The van der Waals surface area contributed by atoms with E-state index >= 15 is 0 Å². The van der Waals surface area contributed by atoms with Gasteiger partial charge in [0, 0.05) is 12.5 Å². The van der Waals surface area contributed by atoms with Crippen molar-refractivity contribution in [3.63, 3.8) is 0 Å². The zero-order valence-corrected chi connectivity index (χ0v) is 12.3. The molecule has 0 aromatic heterocycles. The number of carbonyl (C=O) groups is 2. The molecule has 1 aliphatic heterocycles. The van der Waals surface area contributed by atoms with E-state index < -0.39 is 5.60 Å². The van der Waals surface area contributed by atoms with Crippen LogP contribution in [0.3, 0.4) is 0 Å². The van der Waals surface area contributed by atoms with Gasteiger partial charge in [-0.05, 0) is 46.5 Å². The number of hydrogen-bond donors (Lipinski definition) is 1. The second-order valence-corrected chi connectivity index (χ2v) is 6.00. The number of piperidine rings is 1. The maximum Gasteiger partial charge on any atom is 0.322 e. The van der Waals surface area contributed by atoms with Crippen LogP contribution in [0, 0.1) is 0 Å².